The quantitative estimate of drug-likeness (QED) is 0.159. The van der Waals surface area contributed by atoms with Gasteiger partial charge >= 0.3 is 19.4 Å². The largest absolute Gasteiger partial charge is 0.461 e. The molecule has 0 bridgehead atoms. The van der Waals surface area contributed by atoms with Crippen LogP contribution >= 0.6 is 19.3 Å². The summed E-state index contributed by atoms with van der Waals surface area (Å²) >= 11 is 5.91. The number of halogens is 1. The number of aliphatic hydroxyl groups is 2. The van der Waals surface area contributed by atoms with E-state index in [1.807, 2.05) is 24.8 Å². The zero-order chi connectivity index (χ0) is 29.7. The number of esters is 1. The Morgan fingerprint density at radius 2 is 1.95 bits per heavy atom. The van der Waals surface area contributed by atoms with E-state index >= 15 is 0 Å². The molecule has 15 heteroatoms. The Balaban J connectivity index is 1.84. The molecule has 6 atom stereocenters. The van der Waals surface area contributed by atoms with E-state index in [-0.39, 0.29) is 11.9 Å². The van der Waals surface area contributed by atoms with E-state index in [4.69, 9.17) is 36.5 Å². The molecule has 2 aromatic rings. The molecule has 0 spiro atoms. The molecule has 13 nitrogen and oxygen atoms in total. The molecule has 218 valence electrons. The number of H-pyrrole nitrogens is 1. The van der Waals surface area contributed by atoms with Crippen LogP contribution in [0.1, 0.15) is 39.8 Å². The minimum absolute atomic E-state index is 0.0754. The van der Waals surface area contributed by atoms with Crippen molar-refractivity contribution in [2.24, 2.45) is 0 Å². The maximum absolute atomic E-state index is 13.8. The SMILES string of the molecule is C#C[C@@]1(O)[C@H](O)[C@@H](COP(=O)(N[C@@H](C)C(=O)OC(CC)CC)Oc2ccc(Cl)cc2)O[C@H]1n1ccc(=O)[nH]c1=O. The summed E-state index contributed by atoms with van der Waals surface area (Å²) in [7, 11) is -4.40. The van der Waals surface area contributed by atoms with Crippen molar-refractivity contribution in [1.82, 2.24) is 14.6 Å². The number of hydrogen-bond acceptors (Lipinski definition) is 10. The summed E-state index contributed by atoms with van der Waals surface area (Å²) in [6.07, 6.45) is 2.43. The Morgan fingerprint density at radius 1 is 1.30 bits per heavy atom. The van der Waals surface area contributed by atoms with Crippen LogP contribution in [0.15, 0.2) is 46.1 Å². The molecule has 1 aliphatic rings. The average Bonchev–Trinajstić information content (AvgIpc) is 3.17. The number of nitrogens with zero attached hydrogens (tertiary/aromatic N) is 1. The van der Waals surface area contributed by atoms with Gasteiger partial charge in [-0.1, -0.05) is 31.4 Å². The van der Waals surface area contributed by atoms with E-state index < -0.39 is 61.7 Å². The van der Waals surface area contributed by atoms with Crippen LogP contribution in [0.5, 0.6) is 5.75 Å². The highest BCUT2D eigenvalue weighted by Crippen LogP contribution is 2.47. The van der Waals surface area contributed by atoms with Crippen LogP contribution in [0.3, 0.4) is 0 Å². The van der Waals surface area contributed by atoms with Crippen LogP contribution in [-0.2, 0) is 23.4 Å². The zero-order valence-electron chi connectivity index (χ0n) is 22.0. The van der Waals surface area contributed by atoms with Gasteiger partial charge in [-0.15, -0.1) is 6.42 Å². The standard InChI is InChI=1S/C25H31ClN3O10P/c1-5-17(6-2)37-22(32)15(4)28-40(35,39-18-10-8-16(26)9-11-18)36-14-19-21(31)25(34,7-3)23(38-19)29-13-12-20(30)27-24(29)33/h3,8-13,15,17,19,21,23,31,34H,5-6,14H2,1-2,4H3,(H,28,35)(H,27,30,33)/t15-,19+,21+,23+,25+,40?/m0/s1. The van der Waals surface area contributed by atoms with Gasteiger partial charge in [0, 0.05) is 17.3 Å². The predicted octanol–water partition coefficient (Wildman–Crippen LogP) is 1.73. The number of aromatic nitrogens is 2. The van der Waals surface area contributed by atoms with Crippen LogP contribution in [-0.4, -0.2) is 62.3 Å². The maximum Gasteiger partial charge on any atom is 0.459 e. The fraction of sp³-hybridized carbons (Fsp3) is 0.480. The molecule has 1 aromatic heterocycles. The number of ether oxygens (including phenoxy) is 2. The summed E-state index contributed by atoms with van der Waals surface area (Å²) in [5, 5.41) is 24.7. The van der Waals surface area contributed by atoms with Crippen molar-refractivity contribution >= 4 is 25.3 Å². The molecule has 1 fully saturated rings. The molecule has 0 radical (unpaired) electrons. The number of hydrogen-bond donors (Lipinski definition) is 4. The van der Waals surface area contributed by atoms with Gasteiger partial charge in [-0.05, 0) is 44.0 Å². The summed E-state index contributed by atoms with van der Waals surface area (Å²) in [5.74, 6) is 1.39. The maximum atomic E-state index is 13.8. The lowest BCUT2D eigenvalue weighted by molar-refractivity contribution is -0.151. The molecule has 1 saturated heterocycles. The monoisotopic (exact) mass is 599 g/mol. The minimum atomic E-state index is -4.40. The van der Waals surface area contributed by atoms with Crippen molar-refractivity contribution in [3.8, 4) is 18.1 Å². The topological polar surface area (TPSA) is 178 Å². The fourth-order valence-corrected chi connectivity index (χ4v) is 5.49. The molecule has 0 amide bonds. The van der Waals surface area contributed by atoms with Crippen LogP contribution in [0.25, 0.3) is 0 Å². The third kappa shape index (κ3) is 7.21. The summed E-state index contributed by atoms with van der Waals surface area (Å²) in [6.45, 7) is 4.44. The van der Waals surface area contributed by atoms with Crippen molar-refractivity contribution in [2.75, 3.05) is 6.61 Å². The second-order valence-electron chi connectivity index (χ2n) is 9.02. The zero-order valence-corrected chi connectivity index (χ0v) is 23.6. The van der Waals surface area contributed by atoms with E-state index in [0.29, 0.717) is 17.9 Å². The number of nitrogens with one attached hydrogen (secondary N) is 2. The van der Waals surface area contributed by atoms with Gasteiger partial charge in [-0.25, -0.2) is 9.36 Å². The van der Waals surface area contributed by atoms with Gasteiger partial charge in [0.15, 0.2) is 11.8 Å². The average molecular weight is 600 g/mol. The first-order valence-electron chi connectivity index (χ1n) is 12.4. The Kier molecular flexibility index (Phi) is 10.4. The molecule has 1 unspecified atom stereocenters. The molecule has 3 rings (SSSR count). The van der Waals surface area contributed by atoms with Gasteiger partial charge in [0.05, 0.1) is 6.61 Å². The third-order valence-corrected chi connectivity index (χ3v) is 8.06. The van der Waals surface area contributed by atoms with Gasteiger partial charge in [0.1, 0.15) is 30.1 Å². The van der Waals surface area contributed by atoms with Gasteiger partial charge in [-0.3, -0.25) is 23.7 Å². The number of rotatable bonds is 12. The first-order chi connectivity index (χ1) is 18.9. The fourth-order valence-electron chi connectivity index (χ4n) is 3.86. The Hall–Kier alpha value is -2.95. The van der Waals surface area contributed by atoms with Crippen LogP contribution < -0.4 is 20.9 Å². The molecular formula is C25H31ClN3O10P. The van der Waals surface area contributed by atoms with Gasteiger partial charge < -0.3 is 24.2 Å². The van der Waals surface area contributed by atoms with Gasteiger partial charge in [0.2, 0.25) is 0 Å². The lowest BCUT2D eigenvalue weighted by Crippen LogP contribution is -2.48. The highest BCUT2D eigenvalue weighted by molar-refractivity contribution is 7.52. The van der Waals surface area contributed by atoms with E-state index in [0.717, 1.165) is 16.8 Å². The van der Waals surface area contributed by atoms with Crippen molar-refractivity contribution in [2.45, 2.75) is 69.8 Å². The lowest BCUT2D eigenvalue weighted by Gasteiger charge is -2.26. The molecule has 4 N–H and O–H groups in total. The highest BCUT2D eigenvalue weighted by atomic mass is 35.5. The number of carbonyl (C=O) groups excluding carboxylic acids is 1. The molecule has 0 saturated carbocycles. The second kappa shape index (κ2) is 13.1. The van der Waals surface area contributed by atoms with Crippen molar-refractivity contribution in [3.63, 3.8) is 0 Å². The molecular weight excluding hydrogens is 569 g/mol. The van der Waals surface area contributed by atoms with E-state index in [1.54, 1.807) is 0 Å². The second-order valence-corrected chi connectivity index (χ2v) is 11.2. The molecule has 40 heavy (non-hydrogen) atoms. The number of aliphatic hydroxyl groups excluding tert-OH is 1. The van der Waals surface area contributed by atoms with Crippen molar-refractivity contribution < 1.29 is 38.1 Å². The Labute approximate surface area is 235 Å². The number of carbonyl (C=O) groups is 1. The summed E-state index contributed by atoms with van der Waals surface area (Å²) in [6, 6.07) is 5.65. The Bertz CT molecular complexity index is 1390. The normalized spacial score (nSPS) is 24.7. The van der Waals surface area contributed by atoms with Gasteiger partial charge in [-0.2, -0.15) is 5.09 Å². The third-order valence-electron chi connectivity index (χ3n) is 6.17. The summed E-state index contributed by atoms with van der Waals surface area (Å²) < 4.78 is 36.8. The van der Waals surface area contributed by atoms with Crippen molar-refractivity contribution in [3.05, 3.63) is 62.4 Å². The van der Waals surface area contributed by atoms with E-state index in [9.17, 15) is 29.2 Å². The van der Waals surface area contributed by atoms with Gasteiger partial charge in [0.25, 0.3) is 5.56 Å². The molecule has 1 aliphatic heterocycles. The van der Waals surface area contributed by atoms with Crippen LogP contribution in [0, 0.1) is 12.3 Å². The van der Waals surface area contributed by atoms with Crippen molar-refractivity contribution in [1.29, 1.82) is 0 Å². The number of aromatic amines is 1. The van der Waals surface area contributed by atoms with E-state index in [1.165, 1.54) is 31.2 Å². The Morgan fingerprint density at radius 3 is 2.52 bits per heavy atom. The molecule has 0 aliphatic carbocycles. The first kappa shape index (κ1) is 31.6. The highest BCUT2D eigenvalue weighted by Gasteiger charge is 2.56. The first-order valence-corrected chi connectivity index (χ1v) is 14.3. The predicted molar refractivity (Wildman–Crippen MR) is 144 cm³/mol. The van der Waals surface area contributed by atoms with Crippen LogP contribution in [0.4, 0.5) is 0 Å². The van der Waals surface area contributed by atoms with Crippen LogP contribution in [0.2, 0.25) is 5.02 Å². The number of terminal acetylenes is 1. The summed E-state index contributed by atoms with van der Waals surface area (Å²) in [5.41, 5.74) is -4.09. The lowest BCUT2D eigenvalue weighted by atomic mass is 9.95. The number of benzene rings is 1. The smallest absolute Gasteiger partial charge is 0.459 e. The molecule has 1 aromatic carbocycles. The summed E-state index contributed by atoms with van der Waals surface area (Å²) in [4.78, 5) is 38.4. The molecule has 2 heterocycles. The van der Waals surface area contributed by atoms with E-state index in [2.05, 4.69) is 5.09 Å². The minimum Gasteiger partial charge on any atom is -0.461 e.